The molecule has 1 unspecified atom stereocenters. The van der Waals surface area contributed by atoms with Gasteiger partial charge >= 0.3 is 17.9 Å². The first kappa shape index (κ1) is 62.1. The van der Waals surface area contributed by atoms with Gasteiger partial charge < -0.3 is 14.2 Å². The average molecular weight is 909 g/mol. The van der Waals surface area contributed by atoms with E-state index in [4.69, 9.17) is 14.2 Å². The lowest BCUT2D eigenvalue weighted by Crippen LogP contribution is -2.30. The zero-order valence-electron chi connectivity index (χ0n) is 43.0. The maximum atomic E-state index is 12.8. The van der Waals surface area contributed by atoms with E-state index in [1.807, 2.05) is 6.08 Å². The van der Waals surface area contributed by atoms with Crippen LogP contribution < -0.4 is 0 Å². The molecule has 0 N–H and O–H groups in total. The van der Waals surface area contributed by atoms with Gasteiger partial charge in [0.1, 0.15) is 13.2 Å². The van der Waals surface area contributed by atoms with Gasteiger partial charge in [-0.25, -0.2) is 0 Å². The van der Waals surface area contributed by atoms with E-state index in [2.05, 4.69) is 75.5 Å². The van der Waals surface area contributed by atoms with Crippen molar-refractivity contribution < 1.29 is 28.6 Å². The molecular formula is C59H104O6. The molecule has 0 rings (SSSR count). The second-order valence-electron chi connectivity index (χ2n) is 18.5. The minimum absolute atomic E-state index is 0.0961. The summed E-state index contributed by atoms with van der Waals surface area (Å²) in [6.45, 7) is 6.48. The van der Waals surface area contributed by atoms with Crippen LogP contribution in [-0.2, 0) is 28.6 Å². The van der Waals surface area contributed by atoms with Crippen LogP contribution in [0.4, 0.5) is 0 Å². The van der Waals surface area contributed by atoms with E-state index in [1.165, 1.54) is 167 Å². The van der Waals surface area contributed by atoms with E-state index in [9.17, 15) is 14.4 Å². The number of ether oxygens (including phenoxy) is 3. The van der Waals surface area contributed by atoms with Crippen LogP contribution >= 0.6 is 0 Å². The van der Waals surface area contributed by atoms with Gasteiger partial charge in [0.2, 0.25) is 0 Å². The van der Waals surface area contributed by atoms with Crippen LogP contribution in [0.15, 0.2) is 60.8 Å². The second kappa shape index (κ2) is 53.7. The maximum absolute atomic E-state index is 12.8. The smallest absolute Gasteiger partial charge is 0.306 e. The Kier molecular flexibility index (Phi) is 51.3. The highest BCUT2D eigenvalue weighted by Crippen LogP contribution is 2.16. The fourth-order valence-electron chi connectivity index (χ4n) is 7.86. The van der Waals surface area contributed by atoms with Crippen LogP contribution in [0.3, 0.4) is 0 Å². The number of carbonyl (C=O) groups excluding carboxylic acids is 3. The summed E-state index contributed by atoms with van der Waals surface area (Å²) in [5.41, 5.74) is 0. The molecular weight excluding hydrogens is 805 g/mol. The van der Waals surface area contributed by atoms with Crippen molar-refractivity contribution >= 4 is 17.9 Å². The Morgan fingerprint density at radius 3 is 1.03 bits per heavy atom. The van der Waals surface area contributed by atoms with E-state index < -0.39 is 6.10 Å². The number of unbranched alkanes of at least 4 members (excludes halogenated alkanes) is 29. The van der Waals surface area contributed by atoms with Crippen LogP contribution in [0.5, 0.6) is 0 Å². The molecule has 0 aliphatic carbocycles. The molecule has 6 nitrogen and oxygen atoms in total. The summed E-state index contributed by atoms with van der Waals surface area (Å²) in [5, 5.41) is 0. The molecule has 0 saturated heterocycles. The number of hydrogen-bond acceptors (Lipinski definition) is 6. The molecule has 0 fully saturated rings. The molecule has 6 heteroatoms. The Bertz CT molecular complexity index is 1180. The molecule has 0 amide bonds. The number of allylic oxidation sites excluding steroid dienone is 10. The molecule has 0 bridgehead atoms. The number of hydrogen-bond donors (Lipinski definition) is 0. The molecule has 0 aliphatic rings. The normalized spacial score (nSPS) is 12.5. The first-order valence-electron chi connectivity index (χ1n) is 27.8. The van der Waals surface area contributed by atoms with Gasteiger partial charge in [-0.05, 0) is 70.6 Å². The van der Waals surface area contributed by atoms with Gasteiger partial charge in [-0.3, -0.25) is 14.4 Å². The average Bonchev–Trinajstić information content (AvgIpc) is 3.30. The molecule has 0 heterocycles. The predicted molar refractivity (Wildman–Crippen MR) is 279 cm³/mol. The van der Waals surface area contributed by atoms with Crippen molar-refractivity contribution in [1.82, 2.24) is 0 Å². The Morgan fingerprint density at radius 1 is 0.323 bits per heavy atom. The third kappa shape index (κ3) is 51.9. The summed E-state index contributed by atoms with van der Waals surface area (Å²) in [6.07, 6.45) is 66.5. The zero-order valence-corrected chi connectivity index (χ0v) is 43.0. The molecule has 0 saturated carbocycles. The summed E-state index contributed by atoms with van der Waals surface area (Å²) in [4.78, 5) is 38.0. The lowest BCUT2D eigenvalue weighted by atomic mass is 10.0. The summed E-state index contributed by atoms with van der Waals surface area (Å²) in [5.74, 6) is -0.975. The first-order chi connectivity index (χ1) is 32.0. The van der Waals surface area contributed by atoms with Gasteiger partial charge in [0.15, 0.2) is 6.10 Å². The number of rotatable bonds is 50. The Labute approximate surface area is 402 Å². The van der Waals surface area contributed by atoms with Crippen LogP contribution in [-0.4, -0.2) is 37.2 Å². The van der Waals surface area contributed by atoms with Crippen molar-refractivity contribution in [3.63, 3.8) is 0 Å². The van der Waals surface area contributed by atoms with Crippen LogP contribution in [0.1, 0.15) is 278 Å². The molecule has 0 aliphatic heterocycles. The van der Waals surface area contributed by atoms with Crippen molar-refractivity contribution in [3.05, 3.63) is 60.8 Å². The Hall–Kier alpha value is -2.89. The van der Waals surface area contributed by atoms with E-state index in [0.717, 1.165) is 64.2 Å². The largest absolute Gasteiger partial charge is 0.462 e. The molecule has 65 heavy (non-hydrogen) atoms. The Morgan fingerprint density at radius 2 is 0.631 bits per heavy atom. The van der Waals surface area contributed by atoms with Crippen LogP contribution in [0.2, 0.25) is 0 Å². The minimum atomic E-state index is -0.802. The summed E-state index contributed by atoms with van der Waals surface area (Å²) < 4.78 is 16.8. The molecule has 0 aromatic rings. The zero-order chi connectivity index (χ0) is 47.2. The molecule has 0 aromatic carbocycles. The summed E-state index contributed by atoms with van der Waals surface area (Å²) in [6, 6.07) is 0. The van der Waals surface area contributed by atoms with Gasteiger partial charge in [-0.15, -0.1) is 0 Å². The minimum Gasteiger partial charge on any atom is -0.462 e. The standard InChI is InChI=1S/C59H104O6/c1-4-7-10-13-16-19-22-25-27-29-30-32-34-37-40-43-46-49-52-58(61)64-55-56(54-63-57(60)51-48-45-42-39-36-33-24-21-18-15-12-9-6-3)65-59(62)53-50-47-44-41-38-35-31-28-26-23-20-17-14-11-8-5-2/h9,12,18,21,27,29,33,36,42,45,56H,4-8,10-11,13-17,19-20,22-26,28,30-32,34-35,37-41,43-44,46-55H2,1-3H3/b12-9-,21-18-,29-27-,36-33-,45-42-. The lowest BCUT2D eigenvalue weighted by Gasteiger charge is -2.18. The van der Waals surface area contributed by atoms with Gasteiger partial charge in [0, 0.05) is 19.3 Å². The number of esters is 3. The SMILES string of the molecule is CC/C=C\C/C=C\C/C=C\C/C=C\CCC(=O)OCC(COC(=O)CCCCCCCCC/C=C\CCCCCCCCC)OC(=O)CCCCCCCCCCCCCCCCCC. The van der Waals surface area contributed by atoms with E-state index in [-0.39, 0.29) is 37.5 Å². The lowest BCUT2D eigenvalue weighted by molar-refractivity contribution is -0.166. The van der Waals surface area contributed by atoms with Crippen LogP contribution in [0, 0.1) is 0 Å². The van der Waals surface area contributed by atoms with Gasteiger partial charge in [-0.2, -0.15) is 0 Å². The summed E-state index contributed by atoms with van der Waals surface area (Å²) >= 11 is 0. The third-order valence-electron chi connectivity index (χ3n) is 12.0. The van der Waals surface area contributed by atoms with Crippen molar-refractivity contribution in [2.45, 2.75) is 284 Å². The highest BCUT2D eigenvalue weighted by molar-refractivity contribution is 5.71. The topological polar surface area (TPSA) is 78.9 Å². The number of carbonyl (C=O) groups is 3. The second-order valence-corrected chi connectivity index (χ2v) is 18.5. The predicted octanol–water partition coefficient (Wildman–Crippen LogP) is 18.4. The summed E-state index contributed by atoms with van der Waals surface area (Å²) in [7, 11) is 0. The van der Waals surface area contributed by atoms with Gasteiger partial charge in [-0.1, -0.05) is 248 Å². The molecule has 1 atom stereocenters. The fourth-order valence-corrected chi connectivity index (χ4v) is 7.86. The van der Waals surface area contributed by atoms with E-state index in [1.54, 1.807) is 0 Å². The highest BCUT2D eigenvalue weighted by Gasteiger charge is 2.19. The third-order valence-corrected chi connectivity index (χ3v) is 12.0. The van der Waals surface area contributed by atoms with Crippen LogP contribution in [0.25, 0.3) is 0 Å². The Balaban J connectivity index is 4.41. The molecule has 0 spiro atoms. The molecule has 376 valence electrons. The van der Waals surface area contributed by atoms with Gasteiger partial charge in [0.05, 0.1) is 0 Å². The molecule has 0 radical (unpaired) electrons. The van der Waals surface area contributed by atoms with Crippen molar-refractivity contribution in [3.8, 4) is 0 Å². The maximum Gasteiger partial charge on any atom is 0.306 e. The fraction of sp³-hybridized carbons (Fsp3) is 0.780. The monoisotopic (exact) mass is 909 g/mol. The van der Waals surface area contributed by atoms with E-state index in [0.29, 0.717) is 19.3 Å². The van der Waals surface area contributed by atoms with E-state index >= 15 is 0 Å². The van der Waals surface area contributed by atoms with Gasteiger partial charge in [0.25, 0.3) is 0 Å². The van der Waals surface area contributed by atoms with Crippen molar-refractivity contribution in [2.24, 2.45) is 0 Å². The quantitative estimate of drug-likeness (QED) is 0.0262. The molecule has 0 aromatic heterocycles. The van der Waals surface area contributed by atoms with Crippen molar-refractivity contribution in [1.29, 1.82) is 0 Å². The first-order valence-corrected chi connectivity index (χ1v) is 27.8. The highest BCUT2D eigenvalue weighted by atomic mass is 16.6. The van der Waals surface area contributed by atoms with Crippen molar-refractivity contribution in [2.75, 3.05) is 13.2 Å².